The highest BCUT2D eigenvalue weighted by atomic mass is 16.5. The third-order valence-electron chi connectivity index (χ3n) is 2.83. The van der Waals surface area contributed by atoms with Crippen LogP contribution < -0.4 is 15.2 Å². The first-order chi connectivity index (χ1) is 8.08. The molecule has 1 atom stereocenters. The number of aryl methyl sites for hydroxylation is 1. The summed E-state index contributed by atoms with van der Waals surface area (Å²) in [5.74, 6) is 2.21. The highest BCUT2D eigenvalue weighted by Gasteiger charge is 2.14. The van der Waals surface area contributed by atoms with Crippen LogP contribution in [0.25, 0.3) is 11.0 Å². The third-order valence-corrected chi connectivity index (χ3v) is 2.83. The maximum atomic E-state index is 5.87. The average Bonchev–Trinajstić information content (AvgIpc) is 2.64. The van der Waals surface area contributed by atoms with Gasteiger partial charge in [0.05, 0.1) is 31.3 Å². The number of benzene rings is 1. The lowest BCUT2D eigenvalue weighted by molar-refractivity contribution is 0.355. The van der Waals surface area contributed by atoms with Crippen molar-refractivity contribution in [3.8, 4) is 11.5 Å². The first-order valence-corrected chi connectivity index (χ1v) is 5.42. The Morgan fingerprint density at radius 2 is 1.82 bits per heavy atom. The van der Waals surface area contributed by atoms with E-state index in [1.54, 1.807) is 14.2 Å². The van der Waals surface area contributed by atoms with Gasteiger partial charge >= 0.3 is 0 Å². The second kappa shape index (κ2) is 4.25. The fraction of sp³-hybridized carbons (Fsp3) is 0.417. The van der Waals surface area contributed by atoms with Crippen LogP contribution in [-0.2, 0) is 7.05 Å². The maximum absolute atomic E-state index is 5.87. The van der Waals surface area contributed by atoms with Crippen LogP contribution in [0, 0.1) is 0 Å². The lowest BCUT2D eigenvalue weighted by Gasteiger charge is -2.08. The Kier molecular flexibility index (Phi) is 2.93. The fourth-order valence-corrected chi connectivity index (χ4v) is 1.94. The summed E-state index contributed by atoms with van der Waals surface area (Å²) in [4.78, 5) is 4.50. The lowest BCUT2D eigenvalue weighted by atomic mass is 10.2. The van der Waals surface area contributed by atoms with Crippen LogP contribution in [0.1, 0.15) is 18.8 Å². The highest BCUT2D eigenvalue weighted by Crippen LogP contribution is 2.32. The molecule has 0 radical (unpaired) electrons. The molecule has 5 nitrogen and oxygen atoms in total. The van der Waals surface area contributed by atoms with Crippen LogP contribution in [0.2, 0.25) is 0 Å². The molecule has 0 aliphatic heterocycles. The number of hydrogen-bond donors (Lipinski definition) is 1. The van der Waals surface area contributed by atoms with Crippen LogP contribution in [0.5, 0.6) is 11.5 Å². The number of aromatic nitrogens is 2. The third kappa shape index (κ3) is 1.82. The zero-order valence-corrected chi connectivity index (χ0v) is 10.5. The van der Waals surface area contributed by atoms with E-state index in [9.17, 15) is 0 Å². The zero-order valence-electron chi connectivity index (χ0n) is 10.5. The number of methoxy groups -OCH3 is 2. The van der Waals surface area contributed by atoms with Crippen molar-refractivity contribution in [2.24, 2.45) is 12.8 Å². The molecule has 0 saturated heterocycles. The smallest absolute Gasteiger partial charge is 0.163 e. The minimum absolute atomic E-state index is 0.107. The van der Waals surface area contributed by atoms with Crippen molar-refractivity contribution in [2.45, 2.75) is 13.0 Å². The van der Waals surface area contributed by atoms with Gasteiger partial charge in [-0.25, -0.2) is 4.98 Å². The molecule has 5 heteroatoms. The summed E-state index contributed by atoms with van der Waals surface area (Å²) >= 11 is 0. The van der Waals surface area contributed by atoms with E-state index in [-0.39, 0.29) is 6.04 Å². The van der Waals surface area contributed by atoms with E-state index in [4.69, 9.17) is 15.2 Å². The van der Waals surface area contributed by atoms with Crippen LogP contribution in [0.3, 0.4) is 0 Å². The van der Waals surface area contributed by atoms with Crippen molar-refractivity contribution in [3.05, 3.63) is 18.0 Å². The Morgan fingerprint density at radius 1 is 1.24 bits per heavy atom. The van der Waals surface area contributed by atoms with E-state index >= 15 is 0 Å². The van der Waals surface area contributed by atoms with Gasteiger partial charge in [0.2, 0.25) is 0 Å². The van der Waals surface area contributed by atoms with Gasteiger partial charge in [-0.05, 0) is 6.92 Å². The number of imidazole rings is 1. The van der Waals surface area contributed by atoms with Gasteiger partial charge in [0.25, 0.3) is 0 Å². The Bertz CT molecular complexity index is 546. The first kappa shape index (κ1) is 11.7. The van der Waals surface area contributed by atoms with Gasteiger partial charge in [0.15, 0.2) is 11.5 Å². The molecular weight excluding hydrogens is 218 g/mol. The van der Waals surface area contributed by atoms with E-state index < -0.39 is 0 Å². The molecule has 1 aromatic heterocycles. The molecule has 0 amide bonds. The number of ether oxygens (including phenoxy) is 2. The van der Waals surface area contributed by atoms with E-state index in [0.717, 1.165) is 16.9 Å². The molecule has 0 spiro atoms. The normalized spacial score (nSPS) is 12.8. The molecule has 1 aromatic carbocycles. The van der Waals surface area contributed by atoms with Crippen molar-refractivity contribution < 1.29 is 9.47 Å². The van der Waals surface area contributed by atoms with Gasteiger partial charge in [-0.2, -0.15) is 0 Å². The fourth-order valence-electron chi connectivity index (χ4n) is 1.94. The summed E-state index contributed by atoms with van der Waals surface area (Å²) in [5.41, 5.74) is 7.71. The summed E-state index contributed by atoms with van der Waals surface area (Å²) in [6.45, 7) is 1.91. The number of nitrogens with two attached hydrogens (primary N) is 1. The Morgan fingerprint density at radius 3 is 2.35 bits per heavy atom. The van der Waals surface area contributed by atoms with Gasteiger partial charge in [-0.15, -0.1) is 0 Å². The van der Waals surface area contributed by atoms with E-state index in [1.165, 1.54) is 0 Å². The van der Waals surface area contributed by atoms with Crippen molar-refractivity contribution >= 4 is 11.0 Å². The van der Waals surface area contributed by atoms with E-state index in [2.05, 4.69) is 4.98 Å². The van der Waals surface area contributed by atoms with Crippen LogP contribution in [-0.4, -0.2) is 23.8 Å². The monoisotopic (exact) mass is 235 g/mol. The predicted molar refractivity (Wildman–Crippen MR) is 66.4 cm³/mol. The quantitative estimate of drug-likeness (QED) is 0.878. The van der Waals surface area contributed by atoms with Crippen LogP contribution in [0.4, 0.5) is 0 Å². The predicted octanol–water partition coefficient (Wildman–Crippen LogP) is 1.61. The molecule has 2 rings (SSSR count). The molecule has 2 aromatic rings. The number of hydrogen-bond acceptors (Lipinski definition) is 4. The van der Waals surface area contributed by atoms with Crippen molar-refractivity contribution in [3.63, 3.8) is 0 Å². The second-order valence-electron chi connectivity index (χ2n) is 4.01. The lowest BCUT2D eigenvalue weighted by Crippen LogP contribution is -2.11. The Balaban J connectivity index is 2.70. The summed E-state index contributed by atoms with van der Waals surface area (Å²) < 4.78 is 12.5. The SMILES string of the molecule is COc1cc2nc(C(C)N)n(C)c2cc1OC. The Labute approximate surface area is 100 Å². The van der Waals surface area contributed by atoms with Gasteiger partial charge in [0.1, 0.15) is 5.82 Å². The molecule has 0 bridgehead atoms. The summed E-state index contributed by atoms with van der Waals surface area (Å²) in [5, 5.41) is 0. The van der Waals surface area contributed by atoms with Crippen molar-refractivity contribution in [1.29, 1.82) is 0 Å². The molecule has 17 heavy (non-hydrogen) atoms. The minimum atomic E-state index is -0.107. The topological polar surface area (TPSA) is 62.3 Å². The molecule has 0 saturated carbocycles. The summed E-state index contributed by atoms with van der Waals surface area (Å²) in [6.07, 6.45) is 0. The standard InChI is InChI=1S/C12H17N3O2/c1-7(13)12-14-8-5-10(16-3)11(17-4)6-9(8)15(12)2/h5-7H,13H2,1-4H3. The molecular formula is C12H17N3O2. The van der Waals surface area contributed by atoms with Gasteiger partial charge in [-0.1, -0.05) is 0 Å². The Hall–Kier alpha value is -1.75. The molecule has 1 heterocycles. The van der Waals surface area contributed by atoms with Crippen molar-refractivity contribution in [2.75, 3.05) is 14.2 Å². The first-order valence-electron chi connectivity index (χ1n) is 5.42. The van der Waals surface area contributed by atoms with Crippen LogP contribution >= 0.6 is 0 Å². The average molecular weight is 235 g/mol. The zero-order chi connectivity index (χ0) is 12.6. The number of rotatable bonds is 3. The molecule has 92 valence electrons. The van der Waals surface area contributed by atoms with E-state index in [1.807, 2.05) is 30.7 Å². The summed E-state index contributed by atoms with van der Waals surface area (Å²) in [6, 6.07) is 3.66. The van der Waals surface area contributed by atoms with Gasteiger partial charge in [-0.3, -0.25) is 0 Å². The number of nitrogens with zero attached hydrogens (tertiary/aromatic N) is 2. The highest BCUT2D eigenvalue weighted by molar-refractivity contribution is 5.80. The molecule has 0 aliphatic carbocycles. The molecule has 1 unspecified atom stereocenters. The largest absolute Gasteiger partial charge is 0.493 e. The minimum Gasteiger partial charge on any atom is -0.493 e. The molecule has 0 fully saturated rings. The maximum Gasteiger partial charge on any atom is 0.163 e. The van der Waals surface area contributed by atoms with Crippen molar-refractivity contribution in [1.82, 2.24) is 9.55 Å². The second-order valence-corrected chi connectivity index (χ2v) is 4.01. The van der Waals surface area contributed by atoms with Gasteiger partial charge in [0, 0.05) is 19.2 Å². The molecule has 0 aliphatic rings. The molecule has 2 N–H and O–H groups in total. The van der Waals surface area contributed by atoms with Gasteiger partial charge < -0.3 is 19.8 Å². The summed E-state index contributed by atoms with van der Waals surface area (Å²) in [7, 11) is 5.17. The van der Waals surface area contributed by atoms with E-state index in [0.29, 0.717) is 11.5 Å². The van der Waals surface area contributed by atoms with Crippen LogP contribution in [0.15, 0.2) is 12.1 Å². The number of fused-ring (bicyclic) bond motifs is 1.